The number of ether oxygens (including phenoxy) is 1. The third-order valence-corrected chi connectivity index (χ3v) is 3.06. The van der Waals surface area contributed by atoms with Crippen LogP contribution in [0.25, 0.3) is 0 Å². The van der Waals surface area contributed by atoms with Crippen molar-refractivity contribution in [1.29, 1.82) is 0 Å². The Balaban J connectivity index is 2.47. The number of anilines is 1. The summed E-state index contributed by atoms with van der Waals surface area (Å²) in [6.45, 7) is 2.20. The van der Waals surface area contributed by atoms with Crippen LogP contribution in [0, 0.1) is 0 Å². The maximum atomic E-state index is 5.35. The van der Waals surface area contributed by atoms with E-state index in [0.29, 0.717) is 6.04 Å². The summed E-state index contributed by atoms with van der Waals surface area (Å²) in [6, 6.07) is 4.71. The van der Waals surface area contributed by atoms with E-state index in [4.69, 9.17) is 4.74 Å². The molecule has 1 unspecified atom stereocenters. The number of fused-ring (bicyclic) bond motifs is 1. The van der Waals surface area contributed by atoms with Crippen molar-refractivity contribution in [2.45, 2.75) is 25.8 Å². The lowest BCUT2D eigenvalue weighted by Gasteiger charge is -2.26. The van der Waals surface area contributed by atoms with Gasteiger partial charge >= 0.3 is 0 Å². The van der Waals surface area contributed by atoms with Gasteiger partial charge in [-0.1, -0.05) is 15.9 Å². The average Bonchev–Trinajstić information content (AvgIpc) is 2.17. The van der Waals surface area contributed by atoms with Crippen LogP contribution in [-0.4, -0.2) is 13.2 Å². The van der Waals surface area contributed by atoms with Gasteiger partial charge in [-0.05, 0) is 37.5 Å². The predicted octanol–water partition coefficient (Wildman–Crippen LogP) is 3.20. The van der Waals surface area contributed by atoms with E-state index in [1.807, 2.05) is 6.07 Å². The molecule has 0 fully saturated rings. The van der Waals surface area contributed by atoms with E-state index < -0.39 is 0 Å². The number of methoxy groups -OCH3 is 1. The number of hydrogen-bond donors (Lipinski definition) is 1. The molecule has 0 aliphatic carbocycles. The Morgan fingerprint density at radius 2 is 2.29 bits per heavy atom. The Kier molecular flexibility index (Phi) is 2.68. The molecule has 1 heterocycles. The smallest absolute Gasteiger partial charge is 0.143 e. The average molecular weight is 256 g/mol. The number of nitrogens with one attached hydrogen (secondary N) is 1. The molecule has 0 saturated heterocycles. The predicted molar refractivity (Wildman–Crippen MR) is 62.1 cm³/mol. The van der Waals surface area contributed by atoms with Crippen LogP contribution in [0.1, 0.15) is 18.9 Å². The SMILES string of the molecule is COc1cc(Br)cc2c1NC(C)CC2. The normalized spacial score (nSPS) is 19.8. The lowest BCUT2D eigenvalue weighted by atomic mass is 9.98. The fourth-order valence-electron chi connectivity index (χ4n) is 1.85. The monoisotopic (exact) mass is 255 g/mol. The molecule has 1 N–H and O–H groups in total. The molecular formula is C11H14BrNO. The molecule has 0 bridgehead atoms. The van der Waals surface area contributed by atoms with Gasteiger partial charge in [0, 0.05) is 10.5 Å². The second-order valence-electron chi connectivity index (χ2n) is 3.73. The molecule has 2 nitrogen and oxygen atoms in total. The molecule has 0 amide bonds. The Morgan fingerprint density at radius 1 is 1.50 bits per heavy atom. The van der Waals surface area contributed by atoms with E-state index in [2.05, 4.69) is 34.2 Å². The lowest BCUT2D eigenvalue weighted by Crippen LogP contribution is -2.22. The molecule has 1 aromatic rings. The van der Waals surface area contributed by atoms with Gasteiger partial charge in [0.05, 0.1) is 12.8 Å². The van der Waals surface area contributed by atoms with Gasteiger partial charge in [-0.25, -0.2) is 0 Å². The van der Waals surface area contributed by atoms with Crippen molar-refractivity contribution in [3.63, 3.8) is 0 Å². The molecule has 3 heteroatoms. The van der Waals surface area contributed by atoms with Crippen molar-refractivity contribution in [3.05, 3.63) is 22.2 Å². The standard InChI is InChI=1S/C11H14BrNO/c1-7-3-4-8-5-9(12)6-10(14-2)11(8)13-7/h5-7,13H,3-4H2,1-2H3. The first-order valence-electron chi connectivity index (χ1n) is 4.83. The van der Waals surface area contributed by atoms with Gasteiger partial charge in [-0.2, -0.15) is 0 Å². The first-order valence-corrected chi connectivity index (χ1v) is 5.63. The molecule has 1 atom stereocenters. The number of benzene rings is 1. The molecular weight excluding hydrogens is 242 g/mol. The van der Waals surface area contributed by atoms with Crippen molar-refractivity contribution >= 4 is 21.6 Å². The van der Waals surface area contributed by atoms with Gasteiger partial charge in [-0.3, -0.25) is 0 Å². The van der Waals surface area contributed by atoms with Crippen molar-refractivity contribution in [2.24, 2.45) is 0 Å². The summed E-state index contributed by atoms with van der Waals surface area (Å²) < 4.78 is 6.44. The van der Waals surface area contributed by atoms with Crippen LogP contribution in [0.4, 0.5) is 5.69 Å². The highest BCUT2D eigenvalue weighted by Gasteiger charge is 2.18. The maximum Gasteiger partial charge on any atom is 0.143 e. The van der Waals surface area contributed by atoms with Crippen LogP contribution in [0.15, 0.2) is 16.6 Å². The van der Waals surface area contributed by atoms with E-state index >= 15 is 0 Å². The van der Waals surface area contributed by atoms with Crippen LogP contribution in [0.3, 0.4) is 0 Å². The Hall–Kier alpha value is -0.700. The van der Waals surface area contributed by atoms with Gasteiger partial charge in [-0.15, -0.1) is 0 Å². The Labute approximate surface area is 92.8 Å². The second-order valence-corrected chi connectivity index (χ2v) is 4.64. The summed E-state index contributed by atoms with van der Waals surface area (Å²) >= 11 is 3.49. The van der Waals surface area contributed by atoms with Gasteiger partial charge in [0.2, 0.25) is 0 Å². The number of rotatable bonds is 1. The Bertz CT molecular complexity index is 334. The van der Waals surface area contributed by atoms with Crippen molar-refractivity contribution in [3.8, 4) is 5.75 Å². The maximum absolute atomic E-state index is 5.35. The van der Waals surface area contributed by atoms with E-state index in [1.165, 1.54) is 12.0 Å². The lowest BCUT2D eigenvalue weighted by molar-refractivity contribution is 0.414. The topological polar surface area (TPSA) is 21.3 Å². The highest BCUT2D eigenvalue weighted by atomic mass is 79.9. The largest absolute Gasteiger partial charge is 0.495 e. The van der Waals surface area contributed by atoms with Crippen molar-refractivity contribution in [2.75, 3.05) is 12.4 Å². The molecule has 1 aliphatic heterocycles. The number of hydrogen-bond acceptors (Lipinski definition) is 2. The zero-order valence-corrected chi connectivity index (χ0v) is 10.0. The van der Waals surface area contributed by atoms with Crippen LogP contribution in [-0.2, 0) is 6.42 Å². The van der Waals surface area contributed by atoms with Gasteiger partial charge in [0.15, 0.2) is 0 Å². The van der Waals surface area contributed by atoms with Crippen molar-refractivity contribution in [1.82, 2.24) is 0 Å². The third kappa shape index (κ3) is 1.73. The number of halogens is 1. The summed E-state index contributed by atoms with van der Waals surface area (Å²) in [4.78, 5) is 0. The summed E-state index contributed by atoms with van der Waals surface area (Å²) in [5.41, 5.74) is 2.50. The molecule has 2 rings (SSSR count). The molecule has 0 spiro atoms. The van der Waals surface area contributed by atoms with Crippen LogP contribution >= 0.6 is 15.9 Å². The summed E-state index contributed by atoms with van der Waals surface area (Å²) in [5.74, 6) is 0.931. The minimum absolute atomic E-state index is 0.539. The molecule has 0 radical (unpaired) electrons. The van der Waals surface area contributed by atoms with Gasteiger partial charge < -0.3 is 10.1 Å². The molecule has 14 heavy (non-hydrogen) atoms. The van der Waals surface area contributed by atoms with Crippen LogP contribution in [0.2, 0.25) is 0 Å². The van der Waals surface area contributed by atoms with E-state index in [0.717, 1.165) is 22.3 Å². The first-order chi connectivity index (χ1) is 6.70. The quantitative estimate of drug-likeness (QED) is 0.833. The minimum atomic E-state index is 0.539. The van der Waals surface area contributed by atoms with E-state index in [1.54, 1.807) is 7.11 Å². The molecule has 0 aromatic heterocycles. The fourth-order valence-corrected chi connectivity index (χ4v) is 2.33. The molecule has 1 aromatic carbocycles. The Morgan fingerprint density at radius 3 is 3.00 bits per heavy atom. The first kappa shape index (κ1) is 9.84. The van der Waals surface area contributed by atoms with E-state index in [-0.39, 0.29) is 0 Å². The molecule has 0 saturated carbocycles. The zero-order chi connectivity index (χ0) is 10.1. The van der Waals surface area contributed by atoms with Crippen LogP contribution in [0.5, 0.6) is 5.75 Å². The van der Waals surface area contributed by atoms with Gasteiger partial charge in [0.1, 0.15) is 5.75 Å². The number of aryl methyl sites for hydroxylation is 1. The van der Waals surface area contributed by atoms with Gasteiger partial charge in [0.25, 0.3) is 0 Å². The minimum Gasteiger partial charge on any atom is -0.495 e. The van der Waals surface area contributed by atoms with E-state index in [9.17, 15) is 0 Å². The third-order valence-electron chi connectivity index (χ3n) is 2.61. The van der Waals surface area contributed by atoms with Crippen LogP contribution < -0.4 is 10.1 Å². The fraction of sp³-hybridized carbons (Fsp3) is 0.455. The zero-order valence-electron chi connectivity index (χ0n) is 8.43. The highest BCUT2D eigenvalue weighted by molar-refractivity contribution is 9.10. The van der Waals surface area contributed by atoms with Crippen molar-refractivity contribution < 1.29 is 4.74 Å². The molecule has 76 valence electrons. The highest BCUT2D eigenvalue weighted by Crippen LogP contribution is 2.36. The summed E-state index contributed by atoms with van der Waals surface area (Å²) in [6.07, 6.45) is 2.31. The molecule has 1 aliphatic rings. The second kappa shape index (κ2) is 3.81. The summed E-state index contributed by atoms with van der Waals surface area (Å²) in [7, 11) is 1.71. The summed E-state index contributed by atoms with van der Waals surface area (Å²) in [5, 5.41) is 3.46.